The van der Waals surface area contributed by atoms with E-state index < -0.39 is 0 Å². The summed E-state index contributed by atoms with van der Waals surface area (Å²) >= 11 is 1.62. The lowest BCUT2D eigenvalue weighted by atomic mass is 10.3. The molecule has 3 nitrogen and oxygen atoms in total. The number of hydrogen-bond donors (Lipinski definition) is 1. The maximum atomic E-state index is 11.2. The number of amides is 1. The van der Waals surface area contributed by atoms with E-state index >= 15 is 0 Å². The van der Waals surface area contributed by atoms with E-state index in [0.717, 1.165) is 17.7 Å². The van der Waals surface area contributed by atoms with Gasteiger partial charge in [-0.25, -0.2) is 5.43 Å². The fourth-order valence-corrected chi connectivity index (χ4v) is 1.89. The molecule has 74 valence electrons. The first-order valence-electron chi connectivity index (χ1n) is 4.64. The van der Waals surface area contributed by atoms with Crippen LogP contribution in [-0.4, -0.2) is 12.1 Å². The number of carbonyl (C=O) groups is 1. The fraction of sp³-hybridized carbons (Fsp3) is 0.400. The van der Waals surface area contributed by atoms with Crippen molar-refractivity contribution < 1.29 is 4.79 Å². The van der Waals surface area contributed by atoms with Gasteiger partial charge in [-0.1, -0.05) is 0 Å². The SMILES string of the molecule is Cc1ccsc1/C=N/NC(=O)C1CC1. The van der Waals surface area contributed by atoms with Gasteiger partial charge in [-0.05, 0) is 36.8 Å². The molecule has 1 aliphatic carbocycles. The van der Waals surface area contributed by atoms with Gasteiger partial charge in [0.1, 0.15) is 0 Å². The molecule has 0 aliphatic heterocycles. The number of thiophene rings is 1. The van der Waals surface area contributed by atoms with Crippen LogP contribution in [0.4, 0.5) is 0 Å². The zero-order valence-corrected chi connectivity index (χ0v) is 8.80. The molecule has 14 heavy (non-hydrogen) atoms. The van der Waals surface area contributed by atoms with Crippen LogP contribution in [0.3, 0.4) is 0 Å². The molecule has 1 saturated carbocycles. The topological polar surface area (TPSA) is 41.5 Å². The van der Waals surface area contributed by atoms with Crippen molar-refractivity contribution in [1.82, 2.24) is 5.43 Å². The Balaban J connectivity index is 1.87. The van der Waals surface area contributed by atoms with Crippen molar-refractivity contribution in [2.75, 3.05) is 0 Å². The minimum absolute atomic E-state index is 0.0514. The number of nitrogens with one attached hydrogen (secondary N) is 1. The molecule has 1 aromatic heterocycles. The number of hydrazone groups is 1. The summed E-state index contributed by atoms with van der Waals surface area (Å²) in [6.45, 7) is 2.03. The molecule has 0 radical (unpaired) electrons. The number of nitrogens with zero attached hydrogens (tertiary/aromatic N) is 1. The highest BCUT2D eigenvalue weighted by Crippen LogP contribution is 2.28. The van der Waals surface area contributed by atoms with E-state index in [9.17, 15) is 4.79 Å². The van der Waals surface area contributed by atoms with Crippen LogP contribution in [-0.2, 0) is 4.79 Å². The maximum absolute atomic E-state index is 11.2. The van der Waals surface area contributed by atoms with Gasteiger partial charge in [0.25, 0.3) is 0 Å². The van der Waals surface area contributed by atoms with Gasteiger partial charge in [0.15, 0.2) is 0 Å². The smallest absolute Gasteiger partial charge is 0.243 e. The van der Waals surface area contributed by atoms with Crippen LogP contribution in [0.5, 0.6) is 0 Å². The predicted octanol–water partition coefficient (Wildman–Crippen LogP) is 1.92. The van der Waals surface area contributed by atoms with Gasteiger partial charge in [-0.2, -0.15) is 5.10 Å². The molecule has 2 rings (SSSR count). The van der Waals surface area contributed by atoms with Crippen molar-refractivity contribution in [3.63, 3.8) is 0 Å². The highest BCUT2D eigenvalue weighted by molar-refractivity contribution is 7.11. The average Bonchev–Trinajstić information content (AvgIpc) is 2.93. The van der Waals surface area contributed by atoms with Crippen LogP contribution in [0.25, 0.3) is 0 Å². The van der Waals surface area contributed by atoms with Crippen LogP contribution in [0, 0.1) is 12.8 Å². The molecular weight excluding hydrogens is 196 g/mol. The third kappa shape index (κ3) is 2.20. The number of rotatable bonds is 3. The van der Waals surface area contributed by atoms with E-state index in [1.54, 1.807) is 17.6 Å². The average molecular weight is 208 g/mol. The molecule has 0 spiro atoms. The van der Waals surface area contributed by atoms with Crippen LogP contribution < -0.4 is 5.43 Å². The number of aryl methyl sites for hydroxylation is 1. The predicted molar refractivity (Wildman–Crippen MR) is 57.5 cm³/mol. The lowest BCUT2D eigenvalue weighted by molar-refractivity contribution is -0.122. The highest BCUT2D eigenvalue weighted by Gasteiger charge is 2.29. The van der Waals surface area contributed by atoms with Gasteiger partial charge >= 0.3 is 0 Å². The zero-order valence-electron chi connectivity index (χ0n) is 7.99. The van der Waals surface area contributed by atoms with E-state index in [1.807, 2.05) is 18.4 Å². The molecule has 1 aromatic rings. The van der Waals surface area contributed by atoms with Gasteiger partial charge < -0.3 is 0 Å². The second kappa shape index (κ2) is 3.92. The van der Waals surface area contributed by atoms with Crippen molar-refractivity contribution in [1.29, 1.82) is 0 Å². The molecule has 0 unspecified atom stereocenters. The molecule has 0 atom stereocenters. The van der Waals surface area contributed by atoms with Gasteiger partial charge in [-0.3, -0.25) is 4.79 Å². The molecule has 0 aromatic carbocycles. The summed E-state index contributed by atoms with van der Waals surface area (Å²) < 4.78 is 0. The van der Waals surface area contributed by atoms with Crippen molar-refractivity contribution in [2.24, 2.45) is 11.0 Å². The Hall–Kier alpha value is -1.16. The summed E-state index contributed by atoms with van der Waals surface area (Å²) in [4.78, 5) is 12.3. The summed E-state index contributed by atoms with van der Waals surface area (Å²) in [5, 5.41) is 5.94. The van der Waals surface area contributed by atoms with Crippen LogP contribution in [0.2, 0.25) is 0 Å². The Labute approximate surface area is 86.8 Å². The fourth-order valence-electron chi connectivity index (χ4n) is 1.11. The minimum Gasteiger partial charge on any atom is -0.273 e. The summed E-state index contributed by atoms with van der Waals surface area (Å²) in [6, 6.07) is 2.04. The van der Waals surface area contributed by atoms with Gasteiger partial charge in [-0.15, -0.1) is 11.3 Å². The first-order chi connectivity index (χ1) is 6.77. The quantitative estimate of drug-likeness (QED) is 0.598. The first-order valence-corrected chi connectivity index (χ1v) is 5.52. The van der Waals surface area contributed by atoms with E-state index in [0.29, 0.717) is 0 Å². The number of carbonyl (C=O) groups excluding carboxylic acids is 1. The van der Waals surface area contributed by atoms with Crippen molar-refractivity contribution >= 4 is 23.5 Å². The van der Waals surface area contributed by atoms with E-state index in [1.165, 1.54) is 5.56 Å². The molecule has 1 N–H and O–H groups in total. The van der Waals surface area contributed by atoms with E-state index in [2.05, 4.69) is 10.5 Å². The van der Waals surface area contributed by atoms with Gasteiger partial charge in [0.2, 0.25) is 5.91 Å². The lowest BCUT2D eigenvalue weighted by Crippen LogP contribution is -2.18. The van der Waals surface area contributed by atoms with Crippen LogP contribution in [0.1, 0.15) is 23.3 Å². The molecule has 0 saturated heterocycles. The Kier molecular flexibility index (Phi) is 2.63. The third-order valence-corrected chi connectivity index (χ3v) is 3.16. The van der Waals surface area contributed by atoms with Gasteiger partial charge in [0.05, 0.1) is 6.21 Å². The number of hydrogen-bond acceptors (Lipinski definition) is 3. The lowest BCUT2D eigenvalue weighted by Gasteiger charge is -1.94. The summed E-state index contributed by atoms with van der Waals surface area (Å²) in [7, 11) is 0. The zero-order chi connectivity index (χ0) is 9.97. The molecule has 0 bridgehead atoms. The third-order valence-electron chi connectivity index (χ3n) is 2.21. The molecule has 1 aliphatic rings. The summed E-state index contributed by atoms with van der Waals surface area (Å²) in [6.07, 6.45) is 3.74. The van der Waals surface area contributed by atoms with E-state index in [4.69, 9.17) is 0 Å². The van der Waals surface area contributed by atoms with Crippen molar-refractivity contribution in [2.45, 2.75) is 19.8 Å². The summed E-state index contributed by atoms with van der Waals surface area (Å²) in [5.74, 6) is 0.270. The Morgan fingerprint density at radius 1 is 1.71 bits per heavy atom. The Morgan fingerprint density at radius 2 is 2.50 bits per heavy atom. The normalized spacial score (nSPS) is 16.1. The van der Waals surface area contributed by atoms with Crippen molar-refractivity contribution in [3.8, 4) is 0 Å². The largest absolute Gasteiger partial charge is 0.273 e. The Morgan fingerprint density at radius 3 is 3.07 bits per heavy atom. The Bertz CT molecular complexity index is 366. The van der Waals surface area contributed by atoms with Crippen molar-refractivity contribution in [3.05, 3.63) is 21.9 Å². The highest BCUT2D eigenvalue weighted by atomic mass is 32.1. The second-order valence-corrected chi connectivity index (χ2v) is 4.42. The molecule has 1 heterocycles. The first kappa shape index (κ1) is 9.40. The van der Waals surface area contributed by atoms with Crippen LogP contribution >= 0.6 is 11.3 Å². The molecule has 1 amide bonds. The maximum Gasteiger partial charge on any atom is 0.243 e. The minimum atomic E-state index is 0.0514. The standard InChI is InChI=1S/C10H12N2OS/c1-7-4-5-14-9(7)6-11-12-10(13)8-2-3-8/h4-6,8H,2-3H2,1H3,(H,12,13)/b11-6+. The van der Waals surface area contributed by atoms with Gasteiger partial charge in [0, 0.05) is 10.8 Å². The molecule has 1 fully saturated rings. The molecular formula is C10H12N2OS. The second-order valence-electron chi connectivity index (χ2n) is 3.48. The van der Waals surface area contributed by atoms with E-state index in [-0.39, 0.29) is 11.8 Å². The van der Waals surface area contributed by atoms with Crippen LogP contribution in [0.15, 0.2) is 16.5 Å². The molecule has 4 heteroatoms. The summed E-state index contributed by atoms with van der Waals surface area (Å²) in [5.41, 5.74) is 3.74. The monoisotopic (exact) mass is 208 g/mol.